The Morgan fingerprint density at radius 3 is 2.88 bits per heavy atom. The lowest BCUT2D eigenvalue weighted by molar-refractivity contribution is -0.139. The molecule has 1 fully saturated rings. The second-order valence-corrected chi connectivity index (χ2v) is 6.41. The Balaban J connectivity index is 1.50. The van der Waals surface area contributed by atoms with E-state index in [4.69, 9.17) is 0 Å². The molecule has 0 aliphatic heterocycles. The van der Waals surface area contributed by atoms with Gasteiger partial charge in [-0.15, -0.1) is 0 Å². The number of nitrogens with zero attached hydrogens (tertiary/aromatic N) is 1. The molecular formula is C18H18N4O3. The van der Waals surface area contributed by atoms with E-state index in [1.807, 2.05) is 24.3 Å². The van der Waals surface area contributed by atoms with Gasteiger partial charge in [0.25, 0.3) is 5.91 Å². The van der Waals surface area contributed by atoms with Crippen LogP contribution in [-0.2, 0) is 11.2 Å². The number of H-pyrrole nitrogens is 2. The van der Waals surface area contributed by atoms with Crippen molar-refractivity contribution in [3.63, 3.8) is 0 Å². The molecule has 7 heteroatoms. The minimum absolute atomic E-state index is 0.199. The highest BCUT2D eigenvalue weighted by atomic mass is 16.4. The van der Waals surface area contributed by atoms with Gasteiger partial charge < -0.3 is 15.4 Å². The van der Waals surface area contributed by atoms with E-state index in [1.165, 1.54) is 0 Å². The second-order valence-electron chi connectivity index (χ2n) is 6.41. The molecule has 4 N–H and O–H groups in total. The molecule has 1 saturated carbocycles. The number of hydrogen-bond donors (Lipinski definition) is 4. The lowest BCUT2D eigenvalue weighted by atomic mass is 10.0. The number of carbonyl (C=O) groups is 2. The first-order valence-corrected chi connectivity index (χ1v) is 8.26. The van der Waals surface area contributed by atoms with Crippen molar-refractivity contribution < 1.29 is 14.7 Å². The molecule has 0 saturated heterocycles. The number of carbonyl (C=O) groups excluding carboxylic acids is 1. The van der Waals surface area contributed by atoms with E-state index < -0.39 is 17.9 Å². The molecule has 1 aromatic carbocycles. The smallest absolute Gasteiger partial charge is 0.326 e. The summed E-state index contributed by atoms with van der Waals surface area (Å²) in [6, 6.07) is 8.35. The van der Waals surface area contributed by atoms with Crippen molar-refractivity contribution in [1.82, 2.24) is 20.5 Å². The van der Waals surface area contributed by atoms with Crippen LogP contribution in [0.1, 0.15) is 40.5 Å². The Labute approximate surface area is 143 Å². The molecule has 1 atom stereocenters. The summed E-state index contributed by atoms with van der Waals surface area (Å²) in [6.07, 6.45) is 4.18. The summed E-state index contributed by atoms with van der Waals surface area (Å²) in [5.41, 5.74) is 2.96. The normalized spacial score (nSPS) is 15.2. The average molecular weight is 338 g/mol. The monoisotopic (exact) mass is 338 g/mol. The first-order valence-electron chi connectivity index (χ1n) is 8.26. The van der Waals surface area contributed by atoms with Gasteiger partial charge in [-0.25, -0.2) is 4.79 Å². The number of aromatic amines is 2. The van der Waals surface area contributed by atoms with Crippen LogP contribution in [0.25, 0.3) is 10.9 Å². The van der Waals surface area contributed by atoms with Crippen LogP contribution in [0, 0.1) is 0 Å². The Morgan fingerprint density at radius 1 is 1.32 bits per heavy atom. The van der Waals surface area contributed by atoms with Crippen molar-refractivity contribution in [1.29, 1.82) is 0 Å². The maximum atomic E-state index is 12.3. The molecule has 1 amide bonds. The first-order chi connectivity index (χ1) is 12.1. The van der Waals surface area contributed by atoms with Crippen LogP contribution in [-0.4, -0.2) is 38.2 Å². The number of aliphatic carboxylic acids is 1. The Kier molecular flexibility index (Phi) is 3.76. The molecule has 1 unspecified atom stereocenters. The molecule has 7 nitrogen and oxygen atoms in total. The molecule has 0 bridgehead atoms. The molecule has 0 radical (unpaired) electrons. The minimum atomic E-state index is -1.07. The molecule has 2 heterocycles. The standard InChI is InChI=1S/C18H18N4O3/c23-17(15-8-14(21-22-15)10-5-6-10)20-16(18(24)25)7-11-9-19-13-4-2-1-3-12(11)13/h1-4,8-10,16,19H,5-7H2,(H,20,23)(H,21,22)(H,24,25). The largest absolute Gasteiger partial charge is 0.480 e. The first kappa shape index (κ1) is 15.4. The Bertz CT molecular complexity index is 939. The fraction of sp³-hybridized carbons (Fsp3) is 0.278. The summed E-state index contributed by atoms with van der Waals surface area (Å²) in [6.45, 7) is 0. The van der Waals surface area contributed by atoms with Crippen LogP contribution in [0.2, 0.25) is 0 Å². The van der Waals surface area contributed by atoms with Crippen molar-refractivity contribution in [2.45, 2.75) is 31.2 Å². The van der Waals surface area contributed by atoms with E-state index in [0.29, 0.717) is 5.92 Å². The van der Waals surface area contributed by atoms with Gasteiger partial charge in [0, 0.05) is 35.1 Å². The van der Waals surface area contributed by atoms with Crippen molar-refractivity contribution in [3.05, 3.63) is 53.5 Å². The molecule has 25 heavy (non-hydrogen) atoms. The van der Waals surface area contributed by atoms with Gasteiger partial charge in [0.15, 0.2) is 0 Å². The van der Waals surface area contributed by atoms with E-state index in [1.54, 1.807) is 12.3 Å². The third-order valence-electron chi connectivity index (χ3n) is 4.55. The van der Waals surface area contributed by atoms with Gasteiger partial charge in [0.05, 0.1) is 0 Å². The molecule has 2 aromatic heterocycles. The lowest BCUT2D eigenvalue weighted by Crippen LogP contribution is -2.42. The predicted octanol–water partition coefficient (Wildman–Crippen LogP) is 2.19. The quantitative estimate of drug-likeness (QED) is 0.552. The molecule has 3 aromatic rings. The van der Waals surface area contributed by atoms with Gasteiger partial charge in [-0.3, -0.25) is 9.89 Å². The zero-order valence-corrected chi connectivity index (χ0v) is 13.5. The second kappa shape index (κ2) is 6.08. The number of para-hydroxylation sites is 1. The summed E-state index contributed by atoms with van der Waals surface area (Å²) in [4.78, 5) is 27.1. The van der Waals surface area contributed by atoms with Gasteiger partial charge in [0.1, 0.15) is 11.7 Å². The summed E-state index contributed by atoms with van der Waals surface area (Å²) in [5, 5.41) is 19.9. The molecule has 4 rings (SSSR count). The van der Waals surface area contributed by atoms with E-state index in [2.05, 4.69) is 20.5 Å². The van der Waals surface area contributed by atoms with E-state index in [-0.39, 0.29) is 12.1 Å². The SMILES string of the molecule is O=C(NC(Cc1c[nH]c2ccccc12)C(=O)O)c1cc(C2CC2)[nH]n1. The molecule has 1 aliphatic rings. The summed E-state index contributed by atoms with van der Waals surface area (Å²) in [7, 11) is 0. The van der Waals surface area contributed by atoms with Crippen LogP contribution in [0.5, 0.6) is 0 Å². The summed E-state index contributed by atoms with van der Waals surface area (Å²) in [5.74, 6) is -1.09. The number of carboxylic acids is 1. The van der Waals surface area contributed by atoms with Gasteiger partial charge >= 0.3 is 5.97 Å². The van der Waals surface area contributed by atoms with E-state index >= 15 is 0 Å². The third-order valence-corrected chi connectivity index (χ3v) is 4.55. The van der Waals surface area contributed by atoms with Gasteiger partial charge in [-0.2, -0.15) is 5.10 Å². The summed E-state index contributed by atoms with van der Waals surface area (Å²) < 4.78 is 0. The predicted molar refractivity (Wildman–Crippen MR) is 91.5 cm³/mol. The number of nitrogens with one attached hydrogen (secondary N) is 3. The maximum Gasteiger partial charge on any atom is 0.326 e. The number of hydrogen-bond acceptors (Lipinski definition) is 3. The Hall–Kier alpha value is -3.09. The average Bonchev–Trinajstić information content (AvgIpc) is 3.19. The van der Waals surface area contributed by atoms with Crippen LogP contribution >= 0.6 is 0 Å². The van der Waals surface area contributed by atoms with Crippen molar-refractivity contribution in [2.24, 2.45) is 0 Å². The number of carboxylic acid groups (broad SMARTS) is 1. The van der Waals surface area contributed by atoms with Gasteiger partial charge in [0.2, 0.25) is 0 Å². The van der Waals surface area contributed by atoms with Gasteiger partial charge in [-0.1, -0.05) is 18.2 Å². The van der Waals surface area contributed by atoms with Crippen LogP contribution in [0.15, 0.2) is 36.5 Å². The molecular weight excluding hydrogens is 320 g/mol. The van der Waals surface area contributed by atoms with Crippen molar-refractivity contribution in [2.75, 3.05) is 0 Å². The number of amides is 1. The van der Waals surface area contributed by atoms with Crippen LogP contribution < -0.4 is 5.32 Å². The highest BCUT2D eigenvalue weighted by Crippen LogP contribution is 2.38. The zero-order chi connectivity index (χ0) is 17.4. The van der Waals surface area contributed by atoms with E-state index in [0.717, 1.165) is 35.0 Å². The Morgan fingerprint density at radius 2 is 2.12 bits per heavy atom. The van der Waals surface area contributed by atoms with Gasteiger partial charge in [-0.05, 0) is 30.5 Å². The van der Waals surface area contributed by atoms with Crippen LogP contribution in [0.4, 0.5) is 0 Å². The fourth-order valence-corrected chi connectivity index (χ4v) is 3.01. The number of benzene rings is 1. The molecule has 128 valence electrons. The molecule has 1 aliphatic carbocycles. The number of rotatable bonds is 6. The zero-order valence-electron chi connectivity index (χ0n) is 13.5. The highest BCUT2D eigenvalue weighted by Gasteiger charge is 2.28. The maximum absolute atomic E-state index is 12.3. The van der Waals surface area contributed by atoms with Crippen molar-refractivity contribution in [3.8, 4) is 0 Å². The third kappa shape index (κ3) is 3.13. The number of aromatic nitrogens is 3. The molecule has 0 spiro atoms. The topological polar surface area (TPSA) is 111 Å². The minimum Gasteiger partial charge on any atom is -0.480 e. The fourth-order valence-electron chi connectivity index (χ4n) is 3.01. The number of fused-ring (bicyclic) bond motifs is 1. The summed E-state index contributed by atoms with van der Waals surface area (Å²) >= 11 is 0. The van der Waals surface area contributed by atoms with E-state index in [9.17, 15) is 14.7 Å². The van der Waals surface area contributed by atoms with Crippen molar-refractivity contribution >= 4 is 22.8 Å². The highest BCUT2D eigenvalue weighted by molar-refractivity contribution is 5.95. The van der Waals surface area contributed by atoms with Crippen LogP contribution in [0.3, 0.4) is 0 Å². The lowest BCUT2D eigenvalue weighted by Gasteiger charge is -2.13.